The van der Waals surface area contributed by atoms with Crippen molar-refractivity contribution in [3.05, 3.63) is 71.3 Å². The molecule has 0 aromatic heterocycles. The molecule has 0 saturated heterocycles. The van der Waals surface area contributed by atoms with Crippen LogP contribution in [0.25, 0.3) is 0 Å². The Labute approximate surface area is 142 Å². The van der Waals surface area contributed by atoms with Gasteiger partial charge in [0.15, 0.2) is 0 Å². The first-order valence-corrected chi connectivity index (χ1v) is 8.20. The van der Waals surface area contributed by atoms with Gasteiger partial charge >= 0.3 is 0 Å². The van der Waals surface area contributed by atoms with Gasteiger partial charge in [-0.1, -0.05) is 42.5 Å². The summed E-state index contributed by atoms with van der Waals surface area (Å²) in [5.41, 5.74) is 2.09. The van der Waals surface area contributed by atoms with Crippen LogP contribution in [0.3, 0.4) is 0 Å². The Morgan fingerprint density at radius 3 is 2.00 bits per heavy atom. The van der Waals surface area contributed by atoms with E-state index in [1.165, 1.54) is 4.90 Å². The molecule has 4 heteroatoms. The number of nitrogens with zero attached hydrogens (tertiary/aromatic N) is 1. The largest absolute Gasteiger partial charge is 0.374 e. The topological polar surface area (TPSA) is 46.6 Å². The molecule has 0 saturated carbocycles. The Kier molecular flexibility index (Phi) is 4.76. The summed E-state index contributed by atoms with van der Waals surface area (Å²) < 4.78 is 5.86. The second-order valence-electron chi connectivity index (χ2n) is 6.22. The molecule has 2 amide bonds. The monoisotopic (exact) mass is 323 g/mol. The third kappa shape index (κ3) is 3.24. The van der Waals surface area contributed by atoms with Crippen LogP contribution in [-0.2, 0) is 11.3 Å². The third-order valence-corrected chi connectivity index (χ3v) is 4.32. The van der Waals surface area contributed by atoms with Crippen LogP contribution in [0.2, 0.25) is 0 Å². The van der Waals surface area contributed by atoms with Crippen LogP contribution in [0.1, 0.15) is 46.5 Å². The number of carbonyl (C=O) groups excluding carboxylic acids is 2. The number of imide groups is 1. The van der Waals surface area contributed by atoms with Crippen molar-refractivity contribution in [3.8, 4) is 0 Å². The van der Waals surface area contributed by atoms with Gasteiger partial charge in [-0.2, -0.15) is 0 Å². The molecule has 1 aliphatic rings. The van der Waals surface area contributed by atoms with Crippen molar-refractivity contribution in [2.75, 3.05) is 0 Å². The van der Waals surface area contributed by atoms with Crippen molar-refractivity contribution in [1.82, 2.24) is 4.90 Å². The van der Waals surface area contributed by atoms with Crippen LogP contribution in [-0.4, -0.2) is 28.9 Å². The highest BCUT2D eigenvalue weighted by atomic mass is 16.5. The van der Waals surface area contributed by atoms with Crippen LogP contribution >= 0.6 is 0 Å². The van der Waals surface area contributed by atoms with Crippen LogP contribution in [0.5, 0.6) is 0 Å². The maximum atomic E-state index is 12.5. The summed E-state index contributed by atoms with van der Waals surface area (Å²) in [5.74, 6) is -0.420. The minimum absolute atomic E-state index is 0.0514. The van der Waals surface area contributed by atoms with Gasteiger partial charge in [0.2, 0.25) is 0 Å². The van der Waals surface area contributed by atoms with Crippen molar-refractivity contribution in [3.63, 3.8) is 0 Å². The number of fused-ring (bicyclic) bond motifs is 1. The fourth-order valence-corrected chi connectivity index (χ4v) is 3.07. The lowest BCUT2D eigenvalue weighted by molar-refractivity contribution is 0.0269. The first-order chi connectivity index (χ1) is 11.6. The summed E-state index contributed by atoms with van der Waals surface area (Å²) in [7, 11) is 0. The maximum absolute atomic E-state index is 12.5. The van der Waals surface area contributed by atoms with Gasteiger partial charge in [0.05, 0.1) is 23.8 Å². The van der Waals surface area contributed by atoms with Gasteiger partial charge in [-0.15, -0.1) is 0 Å². The van der Waals surface area contributed by atoms with Crippen LogP contribution < -0.4 is 0 Å². The van der Waals surface area contributed by atoms with Gasteiger partial charge in [0.25, 0.3) is 11.8 Å². The number of hydrogen-bond acceptors (Lipinski definition) is 3. The summed E-state index contributed by atoms with van der Waals surface area (Å²) in [5, 5.41) is 0. The predicted octanol–water partition coefficient (Wildman–Crippen LogP) is 3.67. The molecule has 2 aromatic carbocycles. The highest BCUT2D eigenvalue weighted by molar-refractivity contribution is 6.21. The van der Waals surface area contributed by atoms with E-state index in [2.05, 4.69) is 0 Å². The molecule has 4 nitrogen and oxygen atoms in total. The Hall–Kier alpha value is -2.46. The molecule has 1 heterocycles. The zero-order chi connectivity index (χ0) is 17.1. The maximum Gasteiger partial charge on any atom is 0.261 e. The third-order valence-electron chi connectivity index (χ3n) is 4.32. The lowest BCUT2D eigenvalue weighted by atomic mass is 10.1. The van der Waals surface area contributed by atoms with E-state index in [0.29, 0.717) is 24.2 Å². The Morgan fingerprint density at radius 1 is 0.875 bits per heavy atom. The average Bonchev–Trinajstić information content (AvgIpc) is 2.85. The van der Waals surface area contributed by atoms with E-state index in [1.54, 1.807) is 24.3 Å². The van der Waals surface area contributed by atoms with E-state index in [0.717, 1.165) is 5.56 Å². The second-order valence-corrected chi connectivity index (χ2v) is 6.22. The molecular formula is C20H21NO3. The number of ether oxygens (including phenoxy) is 1. The first-order valence-electron chi connectivity index (χ1n) is 8.20. The molecule has 0 spiro atoms. The molecule has 0 radical (unpaired) electrons. The molecule has 0 unspecified atom stereocenters. The SMILES string of the molecule is C[C@H](C[C@@H](C)N1C(=O)c2ccccc2C1=O)OCc1ccccc1. The van der Waals surface area contributed by atoms with Gasteiger partial charge in [-0.05, 0) is 38.0 Å². The highest BCUT2D eigenvalue weighted by Crippen LogP contribution is 2.26. The molecule has 3 rings (SSSR count). The molecular weight excluding hydrogens is 302 g/mol. The number of carbonyl (C=O) groups is 2. The molecule has 0 N–H and O–H groups in total. The predicted molar refractivity (Wildman–Crippen MR) is 91.7 cm³/mol. The van der Waals surface area contributed by atoms with Crippen molar-refractivity contribution in [2.24, 2.45) is 0 Å². The molecule has 0 bridgehead atoms. The normalized spacial score (nSPS) is 16.2. The number of benzene rings is 2. The number of amides is 2. The summed E-state index contributed by atoms with van der Waals surface area (Å²) in [4.78, 5) is 26.3. The minimum atomic E-state index is -0.210. The van der Waals surface area contributed by atoms with E-state index in [4.69, 9.17) is 4.74 Å². The number of rotatable bonds is 6. The fourth-order valence-electron chi connectivity index (χ4n) is 3.07. The van der Waals surface area contributed by atoms with Gasteiger partial charge in [-0.3, -0.25) is 14.5 Å². The van der Waals surface area contributed by atoms with E-state index < -0.39 is 0 Å². The smallest absolute Gasteiger partial charge is 0.261 e. The van der Waals surface area contributed by atoms with Crippen LogP contribution in [0.4, 0.5) is 0 Å². The van der Waals surface area contributed by atoms with E-state index in [1.807, 2.05) is 44.2 Å². The van der Waals surface area contributed by atoms with Crippen molar-refractivity contribution in [2.45, 2.75) is 39.0 Å². The standard InChI is InChI=1S/C20H21NO3/c1-14(12-15(2)24-13-16-8-4-3-5-9-16)21-19(22)17-10-6-7-11-18(17)20(21)23/h3-11,14-15H,12-13H2,1-2H3/t14-,15-/m1/s1. The molecule has 1 aliphatic heterocycles. The fraction of sp³-hybridized carbons (Fsp3) is 0.300. The zero-order valence-corrected chi connectivity index (χ0v) is 13.9. The molecule has 124 valence electrons. The van der Waals surface area contributed by atoms with Crippen molar-refractivity contribution >= 4 is 11.8 Å². The van der Waals surface area contributed by atoms with Gasteiger partial charge in [-0.25, -0.2) is 0 Å². The van der Waals surface area contributed by atoms with Crippen molar-refractivity contribution < 1.29 is 14.3 Å². The lowest BCUT2D eigenvalue weighted by Gasteiger charge is -2.25. The minimum Gasteiger partial charge on any atom is -0.374 e. The van der Waals surface area contributed by atoms with Gasteiger partial charge in [0, 0.05) is 6.04 Å². The van der Waals surface area contributed by atoms with Gasteiger partial charge in [0.1, 0.15) is 0 Å². The first kappa shape index (κ1) is 16.4. The zero-order valence-electron chi connectivity index (χ0n) is 13.9. The van der Waals surface area contributed by atoms with E-state index in [9.17, 15) is 9.59 Å². The van der Waals surface area contributed by atoms with E-state index >= 15 is 0 Å². The Bertz CT molecular complexity index is 707. The average molecular weight is 323 g/mol. The molecule has 24 heavy (non-hydrogen) atoms. The quantitative estimate of drug-likeness (QED) is 0.762. The molecule has 0 fully saturated rings. The van der Waals surface area contributed by atoms with Crippen LogP contribution in [0.15, 0.2) is 54.6 Å². The summed E-state index contributed by atoms with van der Waals surface area (Å²) >= 11 is 0. The van der Waals surface area contributed by atoms with Crippen LogP contribution in [0, 0.1) is 0 Å². The van der Waals surface area contributed by atoms with E-state index in [-0.39, 0.29) is 24.0 Å². The second kappa shape index (κ2) is 6.97. The summed E-state index contributed by atoms with van der Waals surface area (Å²) in [6.45, 7) is 4.39. The Balaban J connectivity index is 1.60. The molecule has 0 aliphatic carbocycles. The summed E-state index contributed by atoms with van der Waals surface area (Å²) in [6.07, 6.45) is 0.558. The highest BCUT2D eigenvalue weighted by Gasteiger charge is 2.38. The summed E-state index contributed by atoms with van der Waals surface area (Å²) in [6, 6.07) is 16.7. The number of hydrogen-bond donors (Lipinski definition) is 0. The Morgan fingerprint density at radius 2 is 1.42 bits per heavy atom. The van der Waals surface area contributed by atoms with Gasteiger partial charge < -0.3 is 4.74 Å². The molecule has 2 atom stereocenters. The van der Waals surface area contributed by atoms with Crippen molar-refractivity contribution in [1.29, 1.82) is 0 Å². The lowest BCUT2D eigenvalue weighted by Crippen LogP contribution is -2.39. The molecule has 2 aromatic rings.